The zero-order valence-electron chi connectivity index (χ0n) is 23.5. The van der Waals surface area contributed by atoms with E-state index < -0.39 is 12.1 Å². The van der Waals surface area contributed by atoms with Crippen molar-refractivity contribution >= 4 is 57.2 Å². The lowest BCUT2D eigenvalue weighted by Gasteiger charge is -2.38. The van der Waals surface area contributed by atoms with Crippen molar-refractivity contribution in [3.05, 3.63) is 118 Å². The Morgan fingerprint density at radius 1 is 0.955 bits per heavy atom. The number of para-hydroxylation sites is 2. The van der Waals surface area contributed by atoms with Gasteiger partial charge in [-0.15, -0.1) is 11.8 Å². The van der Waals surface area contributed by atoms with Gasteiger partial charge in [0.1, 0.15) is 19.2 Å². The Morgan fingerprint density at radius 2 is 1.70 bits per heavy atom. The predicted molar refractivity (Wildman–Crippen MR) is 168 cm³/mol. The second kappa shape index (κ2) is 11.5. The molecule has 3 aromatic carbocycles. The molecule has 0 saturated carbocycles. The molecule has 10 nitrogen and oxygen atoms in total. The molecular formula is C33H27N5O5S. The molecule has 2 amide bonds. The van der Waals surface area contributed by atoms with Crippen molar-refractivity contribution in [2.24, 2.45) is 0 Å². The number of fused-ring (bicyclic) bond motifs is 5. The fourth-order valence-corrected chi connectivity index (χ4v) is 6.58. The number of hydrogen-bond donors (Lipinski definition) is 1. The van der Waals surface area contributed by atoms with Gasteiger partial charge in [-0.05, 0) is 34.7 Å². The van der Waals surface area contributed by atoms with Crippen molar-refractivity contribution < 1.29 is 19.1 Å². The minimum atomic E-state index is -0.852. The first-order valence-electron chi connectivity index (χ1n) is 14.2. The van der Waals surface area contributed by atoms with E-state index in [0.717, 1.165) is 22.3 Å². The van der Waals surface area contributed by atoms with Crippen LogP contribution < -0.4 is 10.9 Å². The second-order valence-electron chi connectivity index (χ2n) is 10.6. The lowest BCUT2D eigenvalue weighted by molar-refractivity contribution is -0.132. The highest BCUT2D eigenvalue weighted by Crippen LogP contribution is 2.36. The van der Waals surface area contributed by atoms with E-state index in [0.29, 0.717) is 34.5 Å². The Kier molecular flexibility index (Phi) is 7.23. The van der Waals surface area contributed by atoms with Gasteiger partial charge in [0.25, 0.3) is 17.4 Å². The summed E-state index contributed by atoms with van der Waals surface area (Å²) in [7, 11) is 0. The number of rotatable bonds is 6. The van der Waals surface area contributed by atoms with Crippen LogP contribution in [0.2, 0.25) is 0 Å². The maximum absolute atomic E-state index is 14.0. The van der Waals surface area contributed by atoms with E-state index in [-0.39, 0.29) is 36.9 Å². The van der Waals surface area contributed by atoms with Gasteiger partial charge >= 0.3 is 6.09 Å². The van der Waals surface area contributed by atoms with Crippen LogP contribution in [0.15, 0.2) is 95.3 Å². The minimum absolute atomic E-state index is 0.0878. The molecule has 2 aliphatic heterocycles. The average Bonchev–Trinajstić information content (AvgIpc) is 3.43. The van der Waals surface area contributed by atoms with E-state index in [4.69, 9.17) is 9.72 Å². The van der Waals surface area contributed by atoms with Crippen molar-refractivity contribution in [3.63, 3.8) is 0 Å². The number of alkyl carbamates (subject to hydrolysis) is 1. The SMILES string of the molecule is O=C(NCC(=O)n1cc(C[C@@H]2C(=O)N3CCSC=C3c3nc4ccccc4c(=O)n32)c2ccccc21)OCc1ccccc1. The van der Waals surface area contributed by atoms with Crippen LogP contribution in [0, 0.1) is 0 Å². The monoisotopic (exact) mass is 605 g/mol. The van der Waals surface area contributed by atoms with Gasteiger partial charge in [0.05, 0.1) is 22.1 Å². The summed E-state index contributed by atoms with van der Waals surface area (Å²) in [5, 5.41) is 5.64. The molecule has 7 rings (SSSR count). The third-order valence-electron chi connectivity index (χ3n) is 7.89. The van der Waals surface area contributed by atoms with Crippen molar-refractivity contribution in [2.45, 2.75) is 19.1 Å². The summed E-state index contributed by atoms with van der Waals surface area (Å²) in [5.41, 5.74) is 3.12. The zero-order chi connectivity index (χ0) is 30.2. The number of nitrogens with one attached hydrogen (secondary N) is 1. The maximum Gasteiger partial charge on any atom is 0.407 e. The number of benzene rings is 3. The Labute approximate surface area is 255 Å². The normalized spacial score (nSPS) is 15.9. The zero-order valence-corrected chi connectivity index (χ0v) is 24.3. The molecule has 0 bridgehead atoms. The molecule has 0 unspecified atom stereocenters. The van der Waals surface area contributed by atoms with E-state index in [2.05, 4.69) is 5.32 Å². The van der Waals surface area contributed by atoms with Gasteiger partial charge in [-0.3, -0.25) is 23.5 Å². The van der Waals surface area contributed by atoms with Gasteiger partial charge in [0, 0.05) is 30.3 Å². The van der Waals surface area contributed by atoms with Crippen LogP contribution in [-0.4, -0.2) is 55.8 Å². The molecule has 0 aliphatic carbocycles. The van der Waals surface area contributed by atoms with Crippen LogP contribution in [-0.2, 0) is 22.6 Å². The number of thioether (sulfide) groups is 1. The van der Waals surface area contributed by atoms with Crippen LogP contribution in [0.5, 0.6) is 0 Å². The van der Waals surface area contributed by atoms with Crippen molar-refractivity contribution in [2.75, 3.05) is 18.8 Å². The molecule has 5 aromatic rings. The summed E-state index contributed by atoms with van der Waals surface area (Å²) in [6, 6.07) is 22.9. The predicted octanol–water partition coefficient (Wildman–Crippen LogP) is 4.59. The van der Waals surface area contributed by atoms with E-state index in [1.165, 1.54) is 9.13 Å². The van der Waals surface area contributed by atoms with Crippen molar-refractivity contribution in [3.8, 4) is 0 Å². The fourth-order valence-electron chi connectivity index (χ4n) is 5.79. The second-order valence-corrected chi connectivity index (χ2v) is 11.5. The first kappa shape index (κ1) is 27.7. The van der Waals surface area contributed by atoms with E-state index in [1.54, 1.807) is 41.1 Å². The summed E-state index contributed by atoms with van der Waals surface area (Å²) in [6.07, 6.45) is 1.16. The van der Waals surface area contributed by atoms with Crippen LogP contribution in [0.25, 0.3) is 27.5 Å². The number of nitrogens with zero attached hydrogens (tertiary/aromatic N) is 4. The van der Waals surface area contributed by atoms with Crippen molar-refractivity contribution in [1.29, 1.82) is 0 Å². The lowest BCUT2D eigenvalue weighted by atomic mass is 10.0. The Balaban J connectivity index is 1.20. The largest absolute Gasteiger partial charge is 0.445 e. The molecule has 44 heavy (non-hydrogen) atoms. The quantitative estimate of drug-likeness (QED) is 0.301. The van der Waals surface area contributed by atoms with Gasteiger partial charge in [-0.1, -0.05) is 60.7 Å². The van der Waals surface area contributed by atoms with E-state index >= 15 is 0 Å². The molecule has 220 valence electrons. The van der Waals surface area contributed by atoms with Crippen LogP contribution in [0.1, 0.15) is 27.8 Å². The number of amides is 2. The average molecular weight is 606 g/mol. The summed E-state index contributed by atoms with van der Waals surface area (Å²) in [4.78, 5) is 60.0. The molecule has 2 aromatic heterocycles. The van der Waals surface area contributed by atoms with Gasteiger partial charge in [-0.2, -0.15) is 0 Å². The molecule has 0 spiro atoms. The van der Waals surface area contributed by atoms with Gasteiger partial charge in [-0.25, -0.2) is 9.78 Å². The Morgan fingerprint density at radius 3 is 2.55 bits per heavy atom. The Bertz CT molecular complexity index is 2030. The first-order chi connectivity index (χ1) is 21.5. The number of hydrogen-bond acceptors (Lipinski definition) is 7. The molecule has 1 atom stereocenters. The standard InChI is InChI=1S/C33H27N5O5S/c39-29(17-34-33(42)43-19-21-8-2-1-3-9-21)37-18-22(23-10-5-7-13-26(23)37)16-27-32(41)36-14-15-44-20-28(36)30-35-25-12-6-4-11-24(25)31(40)38(27)30/h1-13,18,20,27H,14-17,19H2,(H,34,42)/t27-/m1/s1. The summed E-state index contributed by atoms with van der Waals surface area (Å²) < 4.78 is 8.22. The highest BCUT2D eigenvalue weighted by molar-refractivity contribution is 8.02. The number of carbonyl (C=O) groups is 3. The molecule has 0 fully saturated rings. The van der Waals surface area contributed by atoms with Gasteiger partial charge in [0.15, 0.2) is 5.82 Å². The summed E-state index contributed by atoms with van der Waals surface area (Å²) >= 11 is 1.59. The highest BCUT2D eigenvalue weighted by atomic mass is 32.2. The van der Waals surface area contributed by atoms with Crippen molar-refractivity contribution in [1.82, 2.24) is 24.3 Å². The third-order valence-corrected chi connectivity index (χ3v) is 8.70. The number of carbonyl (C=O) groups excluding carboxylic acids is 3. The lowest BCUT2D eigenvalue weighted by Crippen LogP contribution is -2.48. The van der Waals surface area contributed by atoms with E-state index in [1.807, 2.05) is 66.1 Å². The first-order valence-corrected chi connectivity index (χ1v) is 15.3. The smallest absolute Gasteiger partial charge is 0.407 e. The number of aromatic nitrogens is 3. The molecule has 2 aliphatic rings. The molecule has 0 saturated heterocycles. The topological polar surface area (TPSA) is 116 Å². The van der Waals surface area contributed by atoms with E-state index in [9.17, 15) is 19.2 Å². The number of ether oxygens (including phenoxy) is 1. The maximum atomic E-state index is 14.0. The summed E-state index contributed by atoms with van der Waals surface area (Å²) in [6.45, 7) is 0.317. The molecule has 0 radical (unpaired) electrons. The summed E-state index contributed by atoms with van der Waals surface area (Å²) in [5.74, 6) is 0.647. The fraction of sp³-hybridized carbons (Fsp3) is 0.182. The molecule has 4 heterocycles. The molecule has 1 N–H and O–H groups in total. The molecular weight excluding hydrogens is 578 g/mol. The highest BCUT2D eigenvalue weighted by Gasteiger charge is 2.40. The van der Waals surface area contributed by atoms with Crippen LogP contribution in [0.3, 0.4) is 0 Å². The Hall–Kier alpha value is -5.16. The van der Waals surface area contributed by atoms with Crippen LogP contribution in [0.4, 0.5) is 4.79 Å². The van der Waals surface area contributed by atoms with Gasteiger partial charge in [0.2, 0.25) is 0 Å². The minimum Gasteiger partial charge on any atom is -0.445 e. The molecule has 11 heteroatoms. The van der Waals surface area contributed by atoms with Crippen LogP contribution >= 0.6 is 11.8 Å². The van der Waals surface area contributed by atoms with Gasteiger partial charge < -0.3 is 15.0 Å². The third kappa shape index (κ3) is 4.94.